The first-order valence-electron chi connectivity index (χ1n) is 12.0. The number of methoxy groups -OCH3 is 1. The predicted octanol–water partition coefficient (Wildman–Crippen LogP) is 5.78. The highest BCUT2D eigenvalue weighted by Gasteiger charge is 2.35. The Bertz CT molecular complexity index is 1360. The van der Waals surface area contributed by atoms with Crippen molar-refractivity contribution in [1.82, 2.24) is 9.47 Å². The summed E-state index contributed by atoms with van der Waals surface area (Å²) in [5.41, 5.74) is 8.79. The van der Waals surface area contributed by atoms with E-state index >= 15 is 0 Å². The van der Waals surface area contributed by atoms with E-state index in [1.807, 2.05) is 6.07 Å². The van der Waals surface area contributed by atoms with Crippen LogP contribution in [0, 0.1) is 6.92 Å². The number of benzene rings is 3. The third-order valence-electron chi connectivity index (χ3n) is 7.49. The molecule has 0 radical (unpaired) electrons. The van der Waals surface area contributed by atoms with E-state index in [-0.39, 0.29) is 14.2 Å². The normalized spacial score (nSPS) is 16.7. The lowest BCUT2D eigenvalue weighted by molar-refractivity contribution is 0.145. The van der Waals surface area contributed by atoms with Crippen LogP contribution in [0.15, 0.2) is 60.7 Å². The van der Waals surface area contributed by atoms with Crippen LogP contribution in [0.3, 0.4) is 0 Å². The van der Waals surface area contributed by atoms with Gasteiger partial charge in [0.25, 0.3) is 0 Å². The number of aliphatic hydroxyl groups excluding tert-OH is 1. The number of ether oxygens (including phenoxy) is 2. The number of fused-ring (bicyclic) bond motifs is 6. The van der Waals surface area contributed by atoms with Gasteiger partial charge in [-0.15, -0.1) is 0 Å². The quantitative estimate of drug-likeness (QED) is 0.402. The van der Waals surface area contributed by atoms with Gasteiger partial charge in [-0.3, -0.25) is 4.90 Å². The maximum atomic E-state index is 10.1. The van der Waals surface area contributed by atoms with E-state index in [0.717, 1.165) is 48.5 Å². The molecule has 0 amide bonds. The Morgan fingerprint density at radius 1 is 1.03 bits per heavy atom. The zero-order chi connectivity index (χ0) is 23.2. The molecule has 2 aliphatic rings. The fourth-order valence-corrected chi connectivity index (χ4v) is 5.69. The lowest BCUT2D eigenvalue weighted by Gasteiger charge is -2.41. The molecule has 1 N–H and O–H groups in total. The largest absolute Gasteiger partial charge is 0.493 e. The summed E-state index contributed by atoms with van der Waals surface area (Å²) < 4.78 is 14.1. The van der Waals surface area contributed by atoms with Gasteiger partial charge in [-0.25, -0.2) is 0 Å². The second kappa shape index (κ2) is 9.40. The Hall–Kier alpha value is -3.28. The van der Waals surface area contributed by atoms with Gasteiger partial charge in [-0.05, 0) is 60.2 Å². The second-order valence-corrected chi connectivity index (χ2v) is 9.43. The topological polar surface area (TPSA) is 46.9 Å². The zero-order valence-corrected chi connectivity index (χ0v) is 19.8. The van der Waals surface area contributed by atoms with Gasteiger partial charge in [0, 0.05) is 30.2 Å². The monoisotopic (exact) mass is 470 g/mol. The summed E-state index contributed by atoms with van der Waals surface area (Å²) in [5.74, 6) is 1.60. The van der Waals surface area contributed by atoms with Crippen LogP contribution in [0.5, 0.6) is 11.5 Å². The van der Waals surface area contributed by atoms with Crippen molar-refractivity contribution in [3.05, 3.63) is 94.2 Å². The molecular formula is C30H34N2O3. The van der Waals surface area contributed by atoms with Crippen molar-refractivity contribution in [1.29, 1.82) is 0 Å². The number of para-hydroxylation sites is 1. The van der Waals surface area contributed by atoms with Crippen LogP contribution in [-0.2, 0) is 32.7 Å². The molecule has 1 atom stereocenters. The first-order chi connectivity index (χ1) is 16.7. The smallest absolute Gasteiger partial charge is 0.161 e. The van der Waals surface area contributed by atoms with Crippen LogP contribution in [-0.4, -0.2) is 28.2 Å². The van der Waals surface area contributed by atoms with Gasteiger partial charge in [-0.2, -0.15) is 0 Å². The van der Waals surface area contributed by atoms with E-state index in [1.165, 1.54) is 33.3 Å². The van der Waals surface area contributed by atoms with Crippen LogP contribution < -0.4 is 9.47 Å². The van der Waals surface area contributed by atoms with Crippen molar-refractivity contribution in [3.8, 4) is 11.5 Å². The molecule has 182 valence electrons. The highest BCUT2D eigenvalue weighted by molar-refractivity contribution is 5.86. The maximum Gasteiger partial charge on any atom is 0.161 e. The van der Waals surface area contributed by atoms with Gasteiger partial charge >= 0.3 is 0 Å². The average Bonchev–Trinajstić information content (AvgIpc) is 3.19. The fraction of sp³-hybridized carbons (Fsp3) is 0.333. The summed E-state index contributed by atoms with van der Waals surface area (Å²) in [6, 6.07) is 21.6. The van der Waals surface area contributed by atoms with E-state index in [4.69, 9.17) is 9.47 Å². The third-order valence-corrected chi connectivity index (χ3v) is 7.49. The number of hydrogen-bond acceptors (Lipinski definition) is 4. The molecule has 3 aromatic carbocycles. The molecule has 4 aromatic rings. The average molecular weight is 471 g/mol. The SMILES string of the molecule is C.COc1cc2c(cc1OCc1ccc(C)cc1)CCN1Cc3c(c4ccccc4n3CO)CC21. The Balaban J connectivity index is 0.00000253. The fourth-order valence-electron chi connectivity index (χ4n) is 5.69. The van der Waals surface area contributed by atoms with E-state index in [1.54, 1.807) is 7.11 Å². The molecule has 0 spiro atoms. The van der Waals surface area contributed by atoms with Crippen LogP contribution in [0.4, 0.5) is 0 Å². The summed E-state index contributed by atoms with van der Waals surface area (Å²) in [7, 11) is 1.72. The van der Waals surface area contributed by atoms with Crippen molar-refractivity contribution in [2.24, 2.45) is 0 Å². The number of aryl methyl sites for hydroxylation is 1. The maximum absolute atomic E-state index is 10.1. The van der Waals surface area contributed by atoms with Gasteiger partial charge in [0.2, 0.25) is 0 Å². The van der Waals surface area contributed by atoms with Crippen molar-refractivity contribution in [2.45, 2.75) is 53.1 Å². The molecular weight excluding hydrogens is 436 g/mol. The van der Waals surface area contributed by atoms with Gasteiger partial charge in [0.15, 0.2) is 11.5 Å². The van der Waals surface area contributed by atoms with Gasteiger partial charge in [0.05, 0.1) is 12.6 Å². The molecule has 3 heterocycles. The summed E-state index contributed by atoms with van der Waals surface area (Å²) >= 11 is 0. The number of rotatable bonds is 5. The predicted molar refractivity (Wildman–Crippen MR) is 140 cm³/mol. The Kier molecular flexibility index (Phi) is 6.30. The minimum Gasteiger partial charge on any atom is -0.493 e. The first kappa shape index (κ1) is 23.5. The summed E-state index contributed by atoms with van der Waals surface area (Å²) in [5, 5.41) is 11.3. The van der Waals surface area contributed by atoms with Gasteiger partial charge in [-0.1, -0.05) is 55.5 Å². The Morgan fingerprint density at radius 3 is 2.60 bits per heavy atom. The minimum absolute atomic E-state index is 0. The van der Waals surface area contributed by atoms with Crippen LogP contribution in [0.25, 0.3) is 10.9 Å². The number of nitrogens with zero attached hydrogens (tertiary/aromatic N) is 2. The molecule has 0 bridgehead atoms. The zero-order valence-electron chi connectivity index (χ0n) is 19.8. The lowest BCUT2D eigenvalue weighted by atomic mass is 9.85. The summed E-state index contributed by atoms with van der Waals surface area (Å²) in [6.07, 6.45) is 1.91. The number of hydrogen-bond donors (Lipinski definition) is 1. The molecule has 2 aliphatic heterocycles. The van der Waals surface area contributed by atoms with Crippen molar-refractivity contribution in [3.63, 3.8) is 0 Å². The molecule has 5 nitrogen and oxygen atoms in total. The van der Waals surface area contributed by atoms with Gasteiger partial charge < -0.3 is 19.1 Å². The van der Waals surface area contributed by atoms with Gasteiger partial charge in [0.1, 0.15) is 13.3 Å². The first-order valence-corrected chi connectivity index (χ1v) is 12.0. The van der Waals surface area contributed by atoms with Crippen LogP contribution in [0.2, 0.25) is 0 Å². The van der Waals surface area contributed by atoms with E-state index < -0.39 is 0 Å². The van der Waals surface area contributed by atoms with Crippen LogP contribution in [0.1, 0.15) is 47.0 Å². The molecule has 1 unspecified atom stereocenters. The van der Waals surface area contributed by atoms with Crippen LogP contribution >= 0.6 is 0 Å². The third kappa shape index (κ3) is 3.99. The second-order valence-electron chi connectivity index (χ2n) is 9.43. The highest BCUT2D eigenvalue weighted by atomic mass is 16.5. The van der Waals surface area contributed by atoms with E-state index in [0.29, 0.717) is 12.6 Å². The minimum atomic E-state index is 0. The Labute approximate surface area is 207 Å². The lowest BCUT2D eigenvalue weighted by Crippen LogP contribution is -2.39. The van der Waals surface area contributed by atoms with Crippen molar-refractivity contribution >= 4 is 10.9 Å². The summed E-state index contributed by atoms with van der Waals surface area (Å²) in [6.45, 7) is 4.47. The standard InChI is InChI=1S/C29H30N2O3.CH4/c1-19-7-9-20(10-8-19)17-34-29-13-21-11-12-30-16-27-24(14-26(30)23(21)15-28(29)33-2)22-5-3-4-6-25(22)31(27)18-32;/h3-10,13,15,26,32H,11-12,14,16-18H2,1-2H3;1H4. The molecule has 0 saturated carbocycles. The molecule has 35 heavy (non-hydrogen) atoms. The molecule has 6 rings (SSSR count). The van der Waals surface area contributed by atoms with Crippen molar-refractivity contribution in [2.75, 3.05) is 13.7 Å². The molecule has 5 heteroatoms. The molecule has 1 aromatic heterocycles. The highest BCUT2D eigenvalue weighted by Crippen LogP contribution is 2.44. The molecule has 0 saturated heterocycles. The van der Waals surface area contributed by atoms with E-state index in [9.17, 15) is 5.11 Å². The number of aliphatic hydroxyl groups is 1. The van der Waals surface area contributed by atoms with Crippen molar-refractivity contribution < 1.29 is 14.6 Å². The molecule has 0 aliphatic carbocycles. The molecule has 0 fully saturated rings. The van der Waals surface area contributed by atoms with E-state index in [2.05, 4.69) is 71.0 Å². The number of aromatic nitrogens is 1. The summed E-state index contributed by atoms with van der Waals surface area (Å²) in [4.78, 5) is 2.54. The Morgan fingerprint density at radius 2 is 1.83 bits per heavy atom.